The molecule has 4 rings (SSSR count). The van der Waals surface area contributed by atoms with Crippen molar-refractivity contribution in [1.82, 2.24) is 9.29 Å². The second-order valence-electron chi connectivity index (χ2n) is 7.71. The summed E-state index contributed by atoms with van der Waals surface area (Å²) < 4.78 is 33.2. The molecule has 7 nitrogen and oxygen atoms in total. The minimum Gasteiger partial charge on any atom is -0.456 e. The molecule has 1 aliphatic heterocycles. The van der Waals surface area contributed by atoms with Gasteiger partial charge in [0.2, 0.25) is 10.0 Å². The van der Waals surface area contributed by atoms with Gasteiger partial charge in [0.1, 0.15) is 11.5 Å². The topological polar surface area (TPSA) is 88.6 Å². The van der Waals surface area contributed by atoms with Crippen LogP contribution in [0.1, 0.15) is 35.2 Å². The van der Waals surface area contributed by atoms with E-state index in [0.717, 1.165) is 24.8 Å². The molecule has 2 aromatic carbocycles. The van der Waals surface area contributed by atoms with Crippen molar-refractivity contribution in [3.8, 4) is 11.5 Å². The highest BCUT2D eigenvalue weighted by atomic mass is 32.2. The number of piperidine rings is 1. The molecular weight excluding hydrogens is 426 g/mol. The van der Waals surface area contributed by atoms with Crippen LogP contribution in [-0.2, 0) is 10.0 Å². The Hall–Kier alpha value is -3.23. The van der Waals surface area contributed by atoms with Gasteiger partial charge in [0.25, 0.3) is 5.91 Å². The summed E-state index contributed by atoms with van der Waals surface area (Å²) in [5.74, 6) is 0.862. The average molecular weight is 452 g/mol. The number of anilines is 1. The molecule has 0 atom stereocenters. The third-order valence-electron chi connectivity index (χ3n) is 5.40. The van der Waals surface area contributed by atoms with Crippen molar-refractivity contribution < 1.29 is 17.9 Å². The van der Waals surface area contributed by atoms with E-state index in [1.807, 2.05) is 6.92 Å². The Labute approximate surface area is 188 Å². The molecule has 1 N–H and O–H groups in total. The Morgan fingerprint density at radius 3 is 2.44 bits per heavy atom. The van der Waals surface area contributed by atoms with Gasteiger partial charge in [-0.05, 0) is 73.9 Å². The van der Waals surface area contributed by atoms with Crippen molar-refractivity contribution in [3.63, 3.8) is 0 Å². The van der Waals surface area contributed by atoms with Gasteiger partial charge in [0.05, 0.1) is 11.1 Å². The summed E-state index contributed by atoms with van der Waals surface area (Å²) in [5, 5.41) is 2.84. The molecular formula is C24H25N3O4S. The number of benzene rings is 2. The maximum absolute atomic E-state index is 13.0. The number of carbonyl (C=O) groups excluding carboxylic acids is 1. The van der Waals surface area contributed by atoms with Crippen LogP contribution >= 0.6 is 0 Å². The Kier molecular flexibility index (Phi) is 6.53. The summed E-state index contributed by atoms with van der Waals surface area (Å²) in [5.41, 5.74) is 1.70. The molecule has 0 spiro atoms. The number of nitrogens with one attached hydrogen (secondary N) is 1. The minimum absolute atomic E-state index is 0.195. The zero-order valence-electron chi connectivity index (χ0n) is 17.8. The molecule has 1 fully saturated rings. The highest BCUT2D eigenvalue weighted by molar-refractivity contribution is 7.89. The van der Waals surface area contributed by atoms with Gasteiger partial charge in [0, 0.05) is 30.5 Å². The molecule has 0 unspecified atom stereocenters. The van der Waals surface area contributed by atoms with E-state index in [4.69, 9.17) is 4.74 Å². The van der Waals surface area contributed by atoms with Gasteiger partial charge in [-0.25, -0.2) is 8.42 Å². The third kappa shape index (κ3) is 4.98. The Morgan fingerprint density at radius 1 is 1.00 bits per heavy atom. The quantitative estimate of drug-likeness (QED) is 0.591. The van der Waals surface area contributed by atoms with E-state index in [0.29, 0.717) is 35.8 Å². The summed E-state index contributed by atoms with van der Waals surface area (Å²) in [6, 6.07) is 15.1. The minimum atomic E-state index is -3.58. The summed E-state index contributed by atoms with van der Waals surface area (Å²) in [4.78, 5) is 17.0. The Morgan fingerprint density at radius 2 is 1.75 bits per heavy atom. The fourth-order valence-electron chi connectivity index (χ4n) is 3.56. The van der Waals surface area contributed by atoms with E-state index >= 15 is 0 Å². The van der Waals surface area contributed by atoms with Crippen molar-refractivity contribution >= 4 is 21.6 Å². The van der Waals surface area contributed by atoms with Crippen LogP contribution in [-0.4, -0.2) is 36.7 Å². The summed E-state index contributed by atoms with van der Waals surface area (Å²) >= 11 is 0. The van der Waals surface area contributed by atoms with Crippen LogP contribution in [0.15, 0.2) is 71.9 Å². The molecule has 1 amide bonds. The number of ether oxygens (including phenoxy) is 1. The van der Waals surface area contributed by atoms with Gasteiger partial charge in [-0.15, -0.1) is 0 Å². The molecule has 0 saturated carbocycles. The van der Waals surface area contributed by atoms with Crippen LogP contribution in [0.2, 0.25) is 0 Å². The lowest BCUT2D eigenvalue weighted by molar-refractivity contribution is 0.102. The maximum Gasteiger partial charge on any atom is 0.255 e. The van der Waals surface area contributed by atoms with E-state index in [2.05, 4.69) is 10.3 Å². The van der Waals surface area contributed by atoms with Crippen molar-refractivity contribution in [2.24, 2.45) is 0 Å². The summed E-state index contributed by atoms with van der Waals surface area (Å²) in [6.45, 7) is 2.90. The summed E-state index contributed by atoms with van der Waals surface area (Å²) in [7, 11) is -3.58. The largest absolute Gasteiger partial charge is 0.456 e. The monoisotopic (exact) mass is 451 g/mol. The molecule has 2 heterocycles. The molecule has 1 saturated heterocycles. The number of hydrogen-bond donors (Lipinski definition) is 1. The molecule has 1 aromatic heterocycles. The molecule has 32 heavy (non-hydrogen) atoms. The van der Waals surface area contributed by atoms with Gasteiger partial charge in [0.15, 0.2) is 0 Å². The molecule has 0 radical (unpaired) electrons. The van der Waals surface area contributed by atoms with Gasteiger partial charge in [-0.1, -0.05) is 12.5 Å². The number of amides is 1. The fraction of sp³-hybridized carbons (Fsp3) is 0.250. The van der Waals surface area contributed by atoms with Crippen LogP contribution in [0.25, 0.3) is 0 Å². The molecule has 0 aliphatic carbocycles. The Balaban J connectivity index is 1.48. The number of hydrogen-bond acceptors (Lipinski definition) is 5. The smallest absolute Gasteiger partial charge is 0.255 e. The van der Waals surface area contributed by atoms with Gasteiger partial charge in [-0.3, -0.25) is 9.78 Å². The highest BCUT2D eigenvalue weighted by Gasteiger charge is 2.26. The van der Waals surface area contributed by atoms with Crippen molar-refractivity contribution in [1.29, 1.82) is 0 Å². The lowest BCUT2D eigenvalue weighted by atomic mass is 10.1. The van der Waals surface area contributed by atoms with E-state index in [1.54, 1.807) is 60.9 Å². The molecule has 166 valence electrons. The fourth-order valence-corrected chi connectivity index (χ4v) is 5.11. The van der Waals surface area contributed by atoms with Gasteiger partial charge in [-0.2, -0.15) is 4.31 Å². The number of rotatable bonds is 6. The van der Waals surface area contributed by atoms with E-state index in [9.17, 15) is 13.2 Å². The first-order valence-electron chi connectivity index (χ1n) is 10.5. The van der Waals surface area contributed by atoms with Crippen molar-refractivity contribution in [2.75, 3.05) is 18.4 Å². The molecule has 1 aliphatic rings. The first-order chi connectivity index (χ1) is 15.4. The number of pyridine rings is 1. The third-order valence-corrected chi connectivity index (χ3v) is 7.29. The normalized spacial score (nSPS) is 14.7. The van der Waals surface area contributed by atoms with Crippen LogP contribution in [0, 0.1) is 6.92 Å². The number of nitrogens with zero attached hydrogens (tertiary/aromatic N) is 2. The SMILES string of the molecule is Cc1ccc(S(=O)(=O)N2CCCCC2)cc1NC(=O)c1ccc(Oc2cccnc2)cc1. The second kappa shape index (κ2) is 9.50. The van der Waals surface area contributed by atoms with E-state index in [1.165, 1.54) is 10.4 Å². The number of carbonyl (C=O) groups is 1. The van der Waals surface area contributed by atoms with E-state index in [-0.39, 0.29) is 10.8 Å². The van der Waals surface area contributed by atoms with Crippen LogP contribution in [0.3, 0.4) is 0 Å². The second-order valence-corrected chi connectivity index (χ2v) is 9.65. The average Bonchev–Trinajstić information content (AvgIpc) is 2.82. The lowest BCUT2D eigenvalue weighted by Gasteiger charge is -2.26. The van der Waals surface area contributed by atoms with Crippen LogP contribution in [0.4, 0.5) is 5.69 Å². The zero-order valence-corrected chi connectivity index (χ0v) is 18.6. The zero-order chi connectivity index (χ0) is 22.6. The van der Waals surface area contributed by atoms with Crippen molar-refractivity contribution in [3.05, 3.63) is 78.1 Å². The lowest BCUT2D eigenvalue weighted by Crippen LogP contribution is -2.35. The number of aromatic nitrogens is 1. The maximum atomic E-state index is 13.0. The molecule has 8 heteroatoms. The van der Waals surface area contributed by atoms with E-state index < -0.39 is 10.0 Å². The summed E-state index contributed by atoms with van der Waals surface area (Å²) in [6.07, 6.45) is 6.06. The van der Waals surface area contributed by atoms with Crippen LogP contribution in [0.5, 0.6) is 11.5 Å². The Bertz CT molecular complexity index is 1190. The van der Waals surface area contributed by atoms with Gasteiger partial charge >= 0.3 is 0 Å². The molecule has 0 bridgehead atoms. The van der Waals surface area contributed by atoms with Crippen molar-refractivity contribution in [2.45, 2.75) is 31.1 Å². The molecule has 3 aromatic rings. The predicted molar refractivity (Wildman–Crippen MR) is 122 cm³/mol. The first-order valence-corrected chi connectivity index (χ1v) is 12.0. The first kappa shape index (κ1) is 22.0. The number of aryl methyl sites for hydroxylation is 1. The highest BCUT2D eigenvalue weighted by Crippen LogP contribution is 2.26. The predicted octanol–water partition coefficient (Wildman–Crippen LogP) is 4.61. The van der Waals surface area contributed by atoms with Gasteiger partial charge < -0.3 is 10.1 Å². The van der Waals surface area contributed by atoms with Crippen LogP contribution < -0.4 is 10.1 Å². The number of sulfonamides is 1. The standard InChI is InChI=1S/C24H25N3O4S/c1-18-7-12-22(32(29,30)27-14-3-2-4-15-27)16-23(18)26-24(28)19-8-10-20(11-9-19)31-21-6-5-13-25-17-21/h5-13,16-17H,2-4,14-15H2,1H3,(H,26,28).